The second-order valence-electron chi connectivity index (χ2n) is 6.79. The number of nitrogens with one attached hydrogen (secondary N) is 3. The zero-order valence-corrected chi connectivity index (χ0v) is 18.5. The smallest absolute Gasteiger partial charge is 0.296 e. The first-order valence-corrected chi connectivity index (χ1v) is 9.92. The average molecular weight is 475 g/mol. The number of benzene rings is 2. The van der Waals surface area contributed by atoms with Crippen LogP contribution in [0.2, 0.25) is 0 Å². The Morgan fingerprint density at radius 2 is 1.73 bits per heavy atom. The molecule has 0 atom stereocenters. The van der Waals surface area contributed by atoms with Crippen LogP contribution in [-0.2, 0) is 9.59 Å². The topological polar surface area (TPSA) is 108 Å². The van der Waals surface area contributed by atoms with E-state index in [2.05, 4.69) is 31.9 Å². The van der Waals surface area contributed by atoms with E-state index in [0.29, 0.717) is 28.8 Å². The second-order valence-corrected chi connectivity index (χ2v) is 7.71. The summed E-state index contributed by atoms with van der Waals surface area (Å²) in [4.78, 5) is 50.7. The van der Waals surface area contributed by atoms with Gasteiger partial charge in [-0.1, -0.05) is 22.0 Å². The molecule has 0 saturated carbocycles. The SMILES string of the molecule is CC(=O)Nc1ccc(Br)cc1C(=O)C(=O)Nc1cccc(C(=O)NCCN(C)C)c1. The minimum Gasteiger partial charge on any atom is -0.351 e. The Bertz CT molecular complexity index is 975. The fraction of sp³-hybridized carbons (Fsp3) is 0.238. The maximum atomic E-state index is 12.7. The minimum atomic E-state index is -0.884. The number of rotatable bonds is 8. The molecule has 9 heteroatoms. The van der Waals surface area contributed by atoms with Crippen molar-refractivity contribution >= 4 is 50.8 Å². The molecular weight excluding hydrogens is 452 g/mol. The van der Waals surface area contributed by atoms with Crippen LogP contribution in [0.4, 0.5) is 11.4 Å². The number of hydrogen-bond acceptors (Lipinski definition) is 5. The molecule has 0 fully saturated rings. The van der Waals surface area contributed by atoms with Gasteiger partial charge in [-0.05, 0) is 50.5 Å². The molecule has 2 aromatic rings. The van der Waals surface area contributed by atoms with Crippen molar-refractivity contribution in [3.63, 3.8) is 0 Å². The van der Waals surface area contributed by atoms with Crippen LogP contribution in [-0.4, -0.2) is 55.6 Å². The standard InChI is InChI=1S/C21H23BrN4O4/c1-13(27)24-18-8-7-15(22)12-17(18)19(28)21(30)25-16-6-4-5-14(11-16)20(29)23-9-10-26(2)3/h4-8,11-12H,9-10H2,1-3H3,(H,23,29)(H,24,27)(H,25,30). The van der Waals surface area contributed by atoms with Gasteiger partial charge in [-0.25, -0.2) is 0 Å². The van der Waals surface area contributed by atoms with Crippen LogP contribution in [0.5, 0.6) is 0 Å². The van der Waals surface area contributed by atoms with E-state index in [1.807, 2.05) is 19.0 Å². The molecule has 0 aliphatic heterocycles. The molecule has 30 heavy (non-hydrogen) atoms. The van der Waals surface area contributed by atoms with Crippen molar-refractivity contribution in [2.24, 2.45) is 0 Å². The third kappa shape index (κ3) is 6.78. The van der Waals surface area contributed by atoms with E-state index in [4.69, 9.17) is 0 Å². The average Bonchev–Trinajstić information content (AvgIpc) is 2.68. The molecule has 2 aromatic carbocycles. The third-order valence-electron chi connectivity index (χ3n) is 3.97. The van der Waals surface area contributed by atoms with E-state index >= 15 is 0 Å². The number of Topliss-reactive ketones (excluding diaryl/α,β-unsaturated/α-hetero) is 1. The Morgan fingerprint density at radius 1 is 1.00 bits per heavy atom. The molecule has 3 N–H and O–H groups in total. The number of nitrogens with zero attached hydrogens (tertiary/aromatic N) is 1. The summed E-state index contributed by atoms with van der Waals surface area (Å²) in [5.41, 5.74) is 0.958. The number of anilines is 2. The summed E-state index contributed by atoms with van der Waals surface area (Å²) in [6.07, 6.45) is 0. The maximum Gasteiger partial charge on any atom is 0.296 e. The van der Waals surface area contributed by atoms with Gasteiger partial charge in [-0.3, -0.25) is 19.2 Å². The Kier molecular flexibility index (Phi) is 8.25. The molecule has 0 radical (unpaired) electrons. The largest absolute Gasteiger partial charge is 0.351 e. The number of likely N-dealkylation sites (N-methyl/N-ethyl adjacent to an activating group) is 1. The Balaban J connectivity index is 2.13. The lowest BCUT2D eigenvalue weighted by Crippen LogP contribution is -2.31. The predicted molar refractivity (Wildman–Crippen MR) is 119 cm³/mol. The van der Waals surface area contributed by atoms with E-state index in [-0.39, 0.29) is 23.1 Å². The van der Waals surface area contributed by atoms with Crippen molar-refractivity contribution in [3.8, 4) is 0 Å². The minimum absolute atomic E-state index is 0.0506. The molecule has 0 bridgehead atoms. The summed E-state index contributed by atoms with van der Waals surface area (Å²) in [6.45, 7) is 2.49. The summed E-state index contributed by atoms with van der Waals surface area (Å²) in [5, 5.41) is 7.83. The van der Waals surface area contributed by atoms with E-state index in [1.54, 1.807) is 24.3 Å². The molecule has 2 rings (SSSR count). The Hall–Kier alpha value is -3.04. The van der Waals surface area contributed by atoms with Crippen LogP contribution in [0.3, 0.4) is 0 Å². The third-order valence-corrected chi connectivity index (χ3v) is 4.46. The maximum absolute atomic E-state index is 12.7. The Morgan fingerprint density at radius 3 is 2.40 bits per heavy atom. The van der Waals surface area contributed by atoms with Crippen molar-refractivity contribution in [1.82, 2.24) is 10.2 Å². The van der Waals surface area contributed by atoms with Gasteiger partial charge in [0.05, 0.1) is 11.3 Å². The van der Waals surface area contributed by atoms with E-state index in [1.165, 1.54) is 25.1 Å². The monoisotopic (exact) mass is 474 g/mol. The highest BCUT2D eigenvalue weighted by Crippen LogP contribution is 2.22. The summed E-state index contributed by atoms with van der Waals surface area (Å²) < 4.78 is 0.587. The van der Waals surface area contributed by atoms with Crippen LogP contribution < -0.4 is 16.0 Å². The lowest BCUT2D eigenvalue weighted by Gasteiger charge is -2.12. The van der Waals surface area contributed by atoms with Gasteiger partial charge in [0.25, 0.3) is 17.6 Å². The molecule has 0 unspecified atom stereocenters. The number of carbonyl (C=O) groups excluding carboxylic acids is 4. The van der Waals surface area contributed by atoms with Gasteiger partial charge < -0.3 is 20.9 Å². The van der Waals surface area contributed by atoms with Gasteiger partial charge in [0.15, 0.2) is 0 Å². The molecule has 158 valence electrons. The molecule has 0 saturated heterocycles. The highest BCUT2D eigenvalue weighted by Gasteiger charge is 2.21. The highest BCUT2D eigenvalue weighted by molar-refractivity contribution is 9.10. The molecule has 8 nitrogen and oxygen atoms in total. The summed E-state index contributed by atoms with van der Waals surface area (Å²) >= 11 is 3.26. The van der Waals surface area contributed by atoms with Crippen LogP contribution in [0.1, 0.15) is 27.6 Å². The lowest BCUT2D eigenvalue weighted by atomic mass is 10.1. The van der Waals surface area contributed by atoms with Crippen molar-refractivity contribution in [3.05, 3.63) is 58.1 Å². The van der Waals surface area contributed by atoms with E-state index < -0.39 is 11.7 Å². The summed E-state index contributed by atoms with van der Waals surface area (Å²) in [6, 6.07) is 10.9. The predicted octanol–water partition coefficient (Wildman–Crippen LogP) is 2.52. The lowest BCUT2D eigenvalue weighted by molar-refractivity contribution is -0.114. The van der Waals surface area contributed by atoms with Gasteiger partial charge in [-0.15, -0.1) is 0 Å². The number of carbonyl (C=O) groups is 4. The van der Waals surface area contributed by atoms with Crippen LogP contribution in [0.25, 0.3) is 0 Å². The fourth-order valence-corrected chi connectivity index (χ4v) is 2.91. The zero-order chi connectivity index (χ0) is 22.3. The van der Waals surface area contributed by atoms with Crippen molar-refractivity contribution in [2.45, 2.75) is 6.92 Å². The van der Waals surface area contributed by atoms with Gasteiger partial charge in [0.1, 0.15) is 0 Å². The molecule has 0 aliphatic carbocycles. The molecule has 0 aliphatic rings. The number of amides is 3. The van der Waals surface area contributed by atoms with Gasteiger partial charge in [-0.2, -0.15) is 0 Å². The first-order chi connectivity index (χ1) is 14.2. The highest BCUT2D eigenvalue weighted by atomic mass is 79.9. The fourth-order valence-electron chi connectivity index (χ4n) is 2.55. The summed E-state index contributed by atoms with van der Waals surface area (Å²) in [7, 11) is 3.81. The number of hydrogen-bond donors (Lipinski definition) is 3. The number of halogens is 1. The van der Waals surface area contributed by atoms with Crippen molar-refractivity contribution in [1.29, 1.82) is 0 Å². The Labute approximate surface area is 183 Å². The molecule has 3 amide bonds. The molecule has 0 spiro atoms. The van der Waals surface area contributed by atoms with Gasteiger partial charge in [0, 0.05) is 35.7 Å². The molecular formula is C21H23BrN4O4. The normalized spacial score (nSPS) is 10.4. The zero-order valence-electron chi connectivity index (χ0n) is 16.9. The van der Waals surface area contributed by atoms with Crippen LogP contribution in [0, 0.1) is 0 Å². The van der Waals surface area contributed by atoms with E-state index in [9.17, 15) is 19.2 Å². The van der Waals surface area contributed by atoms with Crippen molar-refractivity contribution < 1.29 is 19.2 Å². The molecule has 0 heterocycles. The van der Waals surface area contributed by atoms with Crippen LogP contribution in [0.15, 0.2) is 46.9 Å². The first kappa shape index (κ1) is 23.2. The first-order valence-electron chi connectivity index (χ1n) is 9.13. The van der Waals surface area contributed by atoms with Crippen LogP contribution >= 0.6 is 15.9 Å². The van der Waals surface area contributed by atoms with E-state index in [0.717, 1.165) is 0 Å². The quantitative estimate of drug-likeness (QED) is 0.402. The van der Waals surface area contributed by atoms with Gasteiger partial charge >= 0.3 is 0 Å². The second kappa shape index (κ2) is 10.7. The summed E-state index contributed by atoms with van der Waals surface area (Å²) in [5.74, 6) is -2.34. The molecule has 0 aromatic heterocycles. The number of ketones is 1. The van der Waals surface area contributed by atoms with Crippen molar-refractivity contribution in [2.75, 3.05) is 37.8 Å². The van der Waals surface area contributed by atoms with Gasteiger partial charge in [0.2, 0.25) is 5.91 Å².